The number of carbonyl (C=O) groups excluding carboxylic acids is 1. The predicted molar refractivity (Wildman–Crippen MR) is 143 cm³/mol. The number of nitrogens with zero attached hydrogens (tertiary/aromatic N) is 3. The van der Waals surface area contributed by atoms with Gasteiger partial charge in [-0.3, -0.25) is 4.79 Å². The van der Waals surface area contributed by atoms with Gasteiger partial charge in [0, 0.05) is 11.3 Å². The zero-order chi connectivity index (χ0) is 27.4. The summed E-state index contributed by atoms with van der Waals surface area (Å²) in [7, 11) is -4.24. The van der Waals surface area contributed by atoms with Gasteiger partial charge in [-0.2, -0.15) is 13.7 Å². The Bertz CT molecular complexity index is 1670. The number of aryl methyl sites for hydroxylation is 4. The summed E-state index contributed by atoms with van der Waals surface area (Å²) in [5.74, 6) is -0.424. The number of hydrogen-bond acceptors (Lipinski definition) is 7. The number of benzene rings is 2. The number of nitriles is 1. The minimum absolute atomic E-state index is 0.0480. The van der Waals surface area contributed by atoms with Crippen molar-refractivity contribution in [2.24, 2.45) is 0 Å². The number of sulfonamides is 1. The molecule has 2 aromatic carbocycles. The molecule has 4 aromatic rings. The normalized spacial score (nSPS) is 11.0. The average Bonchev–Trinajstić information content (AvgIpc) is 2.86. The Labute approximate surface area is 222 Å². The lowest BCUT2D eigenvalue weighted by atomic mass is 10.0. The van der Waals surface area contributed by atoms with Crippen LogP contribution in [0.3, 0.4) is 0 Å². The van der Waals surface area contributed by atoms with Crippen LogP contribution < -0.4 is 9.46 Å². The third-order valence-electron chi connectivity index (χ3n) is 5.78. The summed E-state index contributed by atoms with van der Waals surface area (Å²) in [6.07, 6.45) is 0.240. The second-order valence-corrected chi connectivity index (χ2v) is 10.6. The summed E-state index contributed by atoms with van der Waals surface area (Å²) in [6, 6.07) is 21.0. The van der Waals surface area contributed by atoms with E-state index in [1.165, 1.54) is 12.1 Å². The first kappa shape index (κ1) is 26.5. The molecule has 0 bridgehead atoms. The predicted octanol–water partition coefficient (Wildman–Crippen LogP) is 5.35. The van der Waals surface area contributed by atoms with Crippen LogP contribution in [-0.2, 0) is 16.4 Å². The third kappa shape index (κ3) is 5.88. The molecule has 0 aliphatic rings. The number of carbonyl (C=O) groups is 1. The van der Waals surface area contributed by atoms with E-state index in [0.717, 1.165) is 27.8 Å². The molecule has 9 heteroatoms. The molecule has 0 aliphatic heterocycles. The van der Waals surface area contributed by atoms with Crippen LogP contribution >= 0.6 is 0 Å². The van der Waals surface area contributed by atoms with Crippen molar-refractivity contribution in [1.29, 1.82) is 5.26 Å². The molecule has 2 aromatic heterocycles. The van der Waals surface area contributed by atoms with Crippen LogP contribution in [0, 0.1) is 39.0 Å². The van der Waals surface area contributed by atoms with Crippen LogP contribution in [-0.4, -0.2) is 24.3 Å². The molecule has 4 rings (SSSR count). The second-order valence-electron chi connectivity index (χ2n) is 8.97. The van der Waals surface area contributed by atoms with Crippen molar-refractivity contribution in [2.75, 3.05) is 0 Å². The molecule has 0 atom stereocenters. The molecule has 0 unspecified atom stereocenters. The quantitative estimate of drug-likeness (QED) is 0.344. The van der Waals surface area contributed by atoms with Gasteiger partial charge in [-0.05, 0) is 74.7 Å². The van der Waals surface area contributed by atoms with Gasteiger partial charge in [-0.1, -0.05) is 42.0 Å². The highest BCUT2D eigenvalue weighted by Gasteiger charge is 2.24. The van der Waals surface area contributed by atoms with Crippen LogP contribution in [0.2, 0.25) is 0 Å². The van der Waals surface area contributed by atoms with Crippen molar-refractivity contribution in [3.05, 3.63) is 100 Å². The van der Waals surface area contributed by atoms with Crippen LogP contribution in [0.15, 0.2) is 71.8 Å². The van der Waals surface area contributed by atoms with Gasteiger partial charge in [0.2, 0.25) is 5.88 Å². The van der Waals surface area contributed by atoms with Gasteiger partial charge in [0.15, 0.2) is 5.03 Å². The molecule has 1 amide bonds. The Balaban J connectivity index is 1.78. The molecule has 0 saturated carbocycles. The summed E-state index contributed by atoms with van der Waals surface area (Å²) in [6.45, 7) is 7.41. The van der Waals surface area contributed by atoms with Crippen molar-refractivity contribution >= 4 is 15.9 Å². The van der Waals surface area contributed by atoms with E-state index in [9.17, 15) is 13.2 Å². The molecule has 0 spiro atoms. The minimum Gasteiger partial charge on any atom is -0.438 e. The Morgan fingerprint density at radius 3 is 2.34 bits per heavy atom. The summed E-state index contributed by atoms with van der Waals surface area (Å²) in [5.41, 5.74) is 5.22. The first-order valence-corrected chi connectivity index (χ1v) is 13.3. The van der Waals surface area contributed by atoms with Gasteiger partial charge in [0.1, 0.15) is 11.3 Å². The lowest BCUT2D eigenvalue weighted by Crippen LogP contribution is -2.31. The fraction of sp³-hybridized carbons (Fsp3) is 0.172. The van der Waals surface area contributed by atoms with Crippen LogP contribution in [0.4, 0.5) is 0 Å². The van der Waals surface area contributed by atoms with E-state index in [1.807, 2.05) is 57.2 Å². The van der Waals surface area contributed by atoms with Crippen molar-refractivity contribution in [3.63, 3.8) is 0 Å². The third-order valence-corrected chi connectivity index (χ3v) is 7.01. The zero-order valence-corrected chi connectivity index (χ0v) is 22.3. The maximum Gasteiger partial charge on any atom is 0.281 e. The zero-order valence-electron chi connectivity index (χ0n) is 21.4. The van der Waals surface area contributed by atoms with Crippen LogP contribution in [0.1, 0.15) is 38.3 Å². The van der Waals surface area contributed by atoms with Gasteiger partial charge >= 0.3 is 0 Å². The highest BCUT2D eigenvalue weighted by atomic mass is 32.2. The summed E-state index contributed by atoms with van der Waals surface area (Å²) in [5, 5.41) is 8.80. The summed E-state index contributed by atoms with van der Waals surface area (Å²) in [4.78, 5) is 21.9. The number of ether oxygens (including phenoxy) is 1. The second kappa shape index (κ2) is 10.8. The first-order valence-electron chi connectivity index (χ1n) is 11.8. The Hall–Kier alpha value is -4.55. The van der Waals surface area contributed by atoms with Gasteiger partial charge in [0.25, 0.3) is 15.9 Å². The topological polar surface area (TPSA) is 122 Å². The van der Waals surface area contributed by atoms with Gasteiger partial charge < -0.3 is 4.74 Å². The number of nitrogens with one attached hydrogen (secondary N) is 1. The molecule has 2 heterocycles. The number of aromatic nitrogens is 2. The van der Waals surface area contributed by atoms with Gasteiger partial charge in [0.05, 0.1) is 18.2 Å². The van der Waals surface area contributed by atoms with Crippen molar-refractivity contribution in [2.45, 2.75) is 39.1 Å². The lowest BCUT2D eigenvalue weighted by molar-refractivity contribution is 0.0978. The largest absolute Gasteiger partial charge is 0.438 e. The SMILES string of the molecule is Cc1cc(C)c(Oc2nc(-c3cccc(CC#N)c3)ccc2C(=O)NS(=O)(=O)c2cccc(C)n2)c(C)c1. The first-order chi connectivity index (χ1) is 18.1. The molecular formula is C29H26N4O4S. The van der Waals surface area contributed by atoms with E-state index >= 15 is 0 Å². The molecule has 0 fully saturated rings. The monoisotopic (exact) mass is 526 g/mol. The number of rotatable bonds is 7. The van der Waals surface area contributed by atoms with E-state index in [0.29, 0.717) is 17.1 Å². The van der Waals surface area contributed by atoms with Crippen molar-refractivity contribution in [3.8, 4) is 29.0 Å². The Kier molecular flexibility index (Phi) is 7.55. The molecule has 192 valence electrons. The summed E-state index contributed by atoms with van der Waals surface area (Å²) >= 11 is 0. The van der Waals surface area contributed by atoms with Crippen LogP contribution in [0.25, 0.3) is 11.3 Å². The van der Waals surface area contributed by atoms with E-state index in [4.69, 9.17) is 10.00 Å². The standard InChI is InChI=1S/C29H26N4O4S/c1-18-15-19(2)27(20(3)16-18)37-29-24(28(34)33-38(35,36)26-10-5-7-21(4)31-26)11-12-25(32-29)23-9-6-8-22(17-23)13-14-30/h5-12,15-17H,13H2,1-4H3,(H,33,34). The molecule has 1 N–H and O–H groups in total. The fourth-order valence-electron chi connectivity index (χ4n) is 4.11. The maximum atomic E-state index is 13.3. The van der Waals surface area contributed by atoms with E-state index in [-0.39, 0.29) is 22.9 Å². The lowest BCUT2D eigenvalue weighted by Gasteiger charge is -2.16. The number of pyridine rings is 2. The van der Waals surface area contributed by atoms with Crippen molar-refractivity contribution < 1.29 is 17.9 Å². The Morgan fingerprint density at radius 1 is 0.947 bits per heavy atom. The molecule has 8 nitrogen and oxygen atoms in total. The molecule has 0 radical (unpaired) electrons. The minimum atomic E-state index is -4.24. The smallest absolute Gasteiger partial charge is 0.281 e. The average molecular weight is 527 g/mol. The number of hydrogen-bond donors (Lipinski definition) is 1. The van der Waals surface area contributed by atoms with Crippen LogP contribution in [0.5, 0.6) is 11.6 Å². The van der Waals surface area contributed by atoms with Gasteiger partial charge in [-0.15, -0.1) is 0 Å². The van der Waals surface area contributed by atoms with E-state index in [1.54, 1.807) is 25.1 Å². The number of amides is 1. The van der Waals surface area contributed by atoms with Gasteiger partial charge in [-0.25, -0.2) is 14.7 Å². The van der Waals surface area contributed by atoms with E-state index in [2.05, 4.69) is 20.8 Å². The molecular weight excluding hydrogens is 500 g/mol. The maximum absolute atomic E-state index is 13.3. The Morgan fingerprint density at radius 2 is 1.66 bits per heavy atom. The summed E-state index contributed by atoms with van der Waals surface area (Å²) < 4.78 is 34.0. The highest BCUT2D eigenvalue weighted by molar-refractivity contribution is 7.90. The van der Waals surface area contributed by atoms with Crippen molar-refractivity contribution in [1.82, 2.24) is 14.7 Å². The highest BCUT2D eigenvalue weighted by Crippen LogP contribution is 2.33. The molecule has 0 saturated heterocycles. The molecule has 38 heavy (non-hydrogen) atoms. The fourth-order valence-corrected chi connectivity index (χ4v) is 5.09. The van der Waals surface area contributed by atoms with E-state index < -0.39 is 15.9 Å². The molecule has 0 aliphatic carbocycles.